The Labute approximate surface area is 92.1 Å². The lowest BCUT2D eigenvalue weighted by atomic mass is 10.2. The lowest BCUT2D eigenvalue weighted by molar-refractivity contribution is 0.557. The predicted molar refractivity (Wildman–Crippen MR) is 63.3 cm³/mol. The molecule has 1 aromatic heterocycles. The summed E-state index contributed by atoms with van der Waals surface area (Å²) in [6.07, 6.45) is 7.54. The van der Waals surface area contributed by atoms with E-state index in [1.807, 2.05) is 25.1 Å². The lowest BCUT2D eigenvalue weighted by Crippen LogP contribution is -2.27. The van der Waals surface area contributed by atoms with E-state index >= 15 is 0 Å². The van der Waals surface area contributed by atoms with Crippen LogP contribution in [0, 0.1) is 19.3 Å². The Morgan fingerprint density at radius 2 is 2.33 bits per heavy atom. The fraction of sp³-hybridized carbons (Fsp3) is 0.462. The predicted octanol–water partition coefficient (Wildman–Crippen LogP) is 2.28. The SMILES string of the molecule is C#CC(CCC)NCc1cccc(C)n1. The molecule has 15 heavy (non-hydrogen) atoms. The van der Waals surface area contributed by atoms with Crippen LogP contribution in [0.15, 0.2) is 18.2 Å². The summed E-state index contributed by atoms with van der Waals surface area (Å²) >= 11 is 0. The number of nitrogens with zero attached hydrogens (tertiary/aromatic N) is 1. The Balaban J connectivity index is 2.46. The number of hydrogen-bond donors (Lipinski definition) is 1. The van der Waals surface area contributed by atoms with Crippen LogP contribution in [-0.4, -0.2) is 11.0 Å². The van der Waals surface area contributed by atoms with Gasteiger partial charge in [-0.05, 0) is 25.5 Å². The normalized spacial score (nSPS) is 12.1. The fourth-order valence-corrected chi connectivity index (χ4v) is 1.46. The zero-order valence-electron chi connectivity index (χ0n) is 9.46. The summed E-state index contributed by atoms with van der Waals surface area (Å²) in [6.45, 7) is 4.88. The Bertz CT molecular complexity index is 339. The summed E-state index contributed by atoms with van der Waals surface area (Å²) in [5, 5.41) is 3.32. The van der Waals surface area contributed by atoms with Crippen molar-refractivity contribution in [3.8, 4) is 12.3 Å². The lowest BCUT2D eigenvalue weighted by Gasteiger charge is -2.11. The Kier molecular flexibility index (Phi) is 4.86. The molecule has 1 rings (SSSR count). The Morgan fingerprint density at radius 1 is 1.53 bits per heavy atom. The van der Waals surface area contributed by atoms with Gasteiger partial charge in [-0.15, -0.1) is 6.42 Å². The highest BCUT2D eigenvalue weighted by molar-refractivity contribution is 5.10. The van der Waals surface area contributed by atoms with E-state index in [1.54, 1.807) is 0 Å². The van der Waals surface area contributed by atoms with Gasteiger partial charge in [0.2, 0.25) is 0 Å². The van der Waals surface area contributed by atoms with Gasteiger partial charge in [0.05, 0.1) is 11.7 Å². The molecule has 0 amide bonds. The molecular weight excluding hydrogens is 184 g/mol. The van der Waals surface area contributed by atoms with Gasteiger partial charge in [0.25, 0.3) is 0 Å². The third-order valence-corrected chi connectivity index (χ3v) is 2.25. The molecule has 0 fully saturated rings. The van der Waals surface area contributed by atoms with E-state index in [0.29, 0.717) is 0 Å². The average Bonchev–Trinajstić information content (AvgIpc) is 2.24. The molecule has 0 bridgehead atoms. The van der Waals surface area contributed by atoms with Crippen molar-refractivity contribution >= 4 is 0 Å². The van der Waals surface area contributed by atoms with Crippen molar-refractivity contribution in [2.24, 2.45) is 0 Å². The van der Waals surface area contributed by atoms with Crippen LogP contribution in [-0.2, 0) is 6.54 Å². The summed E-state index contributed by atoms with van der Waals surface area (Å²) in [4.78, 5) is 4.41. The molecule has 1 N–H and O–H groups in total. The van der Waals surface area contributed by atoms with Crippen molar-refractivity contribution in [2.45, 2.75) is 39.3 Å². The van der Waals surface area contributed by atoms with E-state index in [9.17, 15) is 0 Å². The first kappa shape index (κ1) is 11.7. The second kappa shape index (κ2) is 6.21. The average molecular weight is 202 g/mol. The molecular formula is C13H18N2. The highest BCUT2D eigenvalue weighted by Gasteiger charge is 2.02. The molecule has 0 aliphatic rings. The van der Waals surface area contributed by atoms with Crippen LogP contribution in [0.1, 0.15) is 31.2 Å². The first-order valence-electron chi connectivity index (χ1n) is 5.38. The maximum atomic E-state index is 5.42. The van der Waals surface area contributed by atoms with Crippen molar-refractivity contribution in [1.82, 2.24) is 10.3 Å². The van der Waals surface area contributed by atoms with E-state index in [4.69, 9.17) is 6.42 Å². The van der Waals surface area contributed by atoms with Crippen LogP contribution in [0.25, 0.3) is 0 Å². The molecule has 0 radical (unpaired) electrons. The Morgan fingerprint density at radius 3 is 2.93 bits per heavy atom. The van der Waals surface area contributed by atoms with E-state index in [1.165, 1.54) is 0 Å². The molecule has 2 heteroatoms. The fourth-order valence-electron chi connectivity index (χ4n) is 1.46. The van der Waals surface area contributed by atoms with Crippen molar-refractivity contribution in [1.29, 1.82) is 0 Å². The number of rotatable bonds is 5. The van der Waals surface area contributed by atoms with Crippen LogP contribution in [0.4, 0.5) is 0 Å². The van der Waals surface area contributed by atoms with Gasteiger partial charge in [-0.25, -0.2) is 0 Å². The van der Waals surface area contributed by atoms with E-state index < -0.39 is 0 Å². The molecule has 80 valence electrons. The van der Waals surface area contributed by atoms with Gasteiger partial charge in [-0.1, -0.05) is 25.3 Å². The van der Waals surface area contributed by atoms with Crippen molar-refractivity contribution in [3.05, 3.63) is 29.6 Å². The molecule has 2 nitrogen and oxygen atoms in total. The van der Waals surface area contributed by atoms with E-state index in [0.717, 1.165) is 30.8 Å². The van der Waals surface area contributed by atoms with Gasteiger partial charge in [0.15, 0.2) is 0 Å². The van der Waals surface area contributed by atoms with Crippen LogP contribution >= 0.6 is 0 Å². The Hall–Kier alpha value is -1.33. The number of hydrogen-bond acceptors (Lipinski definition) is 2. The standard InChI is InChI=1S/C13H18N2/c1-4-7-12(5-2)14-10-13-9-6-8-11(3)15-13/h2,6,8-9,12,14H,4,7,10H2,1,3H3. The molecule has 1 aromatic rings. The molecule has 0 aliphatic heterocycles. The summed E-state index contributed by atoms with van der Waals surface area (Å²) in [6, 6.07) is 6.19. The zero-order valence-corrected chi connectivity index (χ0v) is 9.46. The minimum atomic E-state index is 0.164. The molecule has 1 unspecified atom stereocenters. The molecule has 0 saturated carbocycles. The largest absolute Gasteiger partial charge is 0.298 e. The van der Waals surface area contributed by atoms with Crippen molar-refractivity contribution < 1.29 is 0 Å². The zero-order chi connectivity index (χ0) is 11.1. The quantitative estimate of drug-likeness (QED) is 0.741. The maximum absolute atomic E-state index is 5.42. The second-order valence-electron chi connectivity index (χ2n) is 3.66. The van der Waals surface area contributed by atoms with Crippen LogP contribution in [0.3, 0.4) is 0 Å². The molecule has 0 aromatic carbocycles. The molecule has 0 saturated heterocycles. The minimum Gasteiger partial charge on any atom is -0.298 e. The summed E-state index contributed by atoms with van der Waals surface area (Å²) in [5.41, 5.74) is 2.09. The monoisotopic (exact) mass is 202 g/mol. The minimum absolute atomic E-state index is 0.164. The topological polar surface area (TPSA) is 24.9 Å². The molecule has 0 aliphatic carbocycles. The van der Waals surface area contributed by atoms with E-state index in [2.05, 4.69) is 23.1 Å². The number of aryl methyl sites for hydroxylation is 1. The number of nitrogens with one attached hydrogen (secondary N) is 1. The van der Waals surface area contributed by atoms with Gasteiger partial charge in [0.1, 0.15) is 0 Å². The van der Waals surface area contributed by atoms with Crippen LogP contribution in [0.5, 0.6) is 0 Å². The molecule has 0 spiro atoms. The van der Waals surface area contributed by atoms with Crippen LogP contribution in [0.2, 0.25) is 0 Å². The second-order valence-corrected chi connectivity index (χ2v) is 3.66. The third kappa shape index (κ3) is 4.14. The summed E-state index contributed by atoms with van der Waals surface area (Å²) in [5.74, 6) is 2.75. The van der Waals surface area contributed by atoms with E-state index in [-0.39, 0.29) is 6.04 Å². The van der Waals surface area contributed by atoms with Gasteiger partial charge >= 0.3 is 0 Å². The van der Waals surface area contributed by atoms with Gasteiger partial charge in [0, 0.05) is 12.2 Å². The molecule has 1 heterocycles. The highest BCUT2D eigenvalue weighted by Crippen LogP contribution is 2.00. The number of pyridine rings is 1. The number of terminal acetylenes is 1. The van der Waals surface area contributed by atoms with Gasteiger partial charge in [-0.2, -0.15) is 0 Å². The van der Waals surface area contributed by atoms with Gasteiger partial charge < -0.3 is 0 Å². The highest BCUT2D eigenvalue weighted by atomic mass is 14.9. The number of aromatic nitrogens is 1. The first-order chi connectivity index (χ1) is 7.26. The maximum Gasteiger partial charge on any atom is 0.0689 e. The summed E-state index contributed by atoms with van der Waals surface area (Å²) in [7, 11) is 0. The van der Waals surface area contributed by atoms with Crippen molar-refractivity contribution in [3.63, 3.8) is 0 Å². The van der Waals surface area contributed by atoms with Crippen molar-refractivity contribution in [2.75, 3.05) is 0 Å². The smallest absolute Gasteiger partial charge is 0.0689 e. The summed E-state index contributed by atoms with van der Waals surface area (Å²) < 4.78 is 0. The first-order valence-corrected chi connectivity index (χ1v) is 5.38. The molecule has 1 atom stereocenters. The third-order valence-electron chi connectivity index (χ3n) is 2.25. The van der Waals surface area contributed by atoms with Crippen LogP contribution < -0.4 is 5.32 Å². The van der Waals surface area contributed by atoms with Gasteiger partial charge in [-0.3, -0.25) is 10.3 Å².